The van der Waals surface area contributed by atoms with Crippen LogP contribution < -0.4 is 10.0 Å². The number of pyridine rings is 1. The topological polar surface area (TPSA) is 71.1 Å². The number of rotatable bonds is 6. The lowest BCUT2D eigenvalue weighted by molar-refractivity contribution is 0.599. The van der Waals surface area contributed by atoms with Gasteiger partial charge < -0.3 is 5.32 Å². The highest BCUT2D eigenvalue weighted by Crippen LogP contribution is 2.18. The van der Waals surface area contributed by atoms with Crippen LogP contribution in [0, 0.1) is 5.82 Å². The van der Waals surface area contributed by atoms with Crippen molar-refractivity contribution in [1.29, 1.82) is 0 Å². The Balaban J connectivity index is 2.05. The van der Waals surface area contributed by atoms with Crippen LogP contribution in [0.15, 0.2) is 42.6 Å². The first-order valence-corrected chi connectivity index (χ1v) is 8.13. The van der Waals surface area contributed by atoms with Gasteiger partial charge in [0.15, 0.2) is 0 Å². The number of anilines is 3. The largest absolute Gasteiger partial charge is 0.354 e. The molecule has 0 aliphatic rings. The number of halogens is 1. The van der Waals surface area contributed by atoms with E-state index in [-0.39, 0.29) is 17.4 Å². The first-order chi connectivity index (χ1) is 9.98. The average molecular weight is 309 g/mol. The summed E-state index contributed by atoms with van der Waals surface area (Å²) in [5.74, 6) is -0.0250. The van der Waals surface area contributed by atoms with E-state index in [0.29, 0.717) is 17.8 Å². The molecule has 0 atom stereocenters. The predicted octanol–water partition coefficient (Wildman–Crippen LogP) is 3.12. The summed E-state index contributed by atoms with van der Waals surface area (Å²) in [5.41, 5.74) is 1.23. The van der Waals surface area contributed by atoms with Gasteiger partial charge in [-0.05, 0) is 36.8 Å². The van der Waals surface area contributed by atoms with Gasteiger partial charge in [-0.15, -0.1) is 0 Å². The van der Waals surface area contributed by atoms with Gasteiger partial charge in [0.1, 0.15) is 11.6 Å². The number of hydrogen-bond donors (Lipinski definition) is 2. The Morgan fingerprint density at radius 2 is 2.00 bits per heavy atom. The maximum absolute atomic E-state index is 13.1. The van der Waals surface area contributed by atoms with Gasteiger partial charge in [-0.2, -0.15) is 0 Å². The van der Waals surface area contributed by atoms with E-state index >= 15 is 0 Å². The van der Waals surface area contributed by atoms with Crippen LogP contribution in [-0.2, 0) is 10.0 Å². The predicted molar refractivity (Wildman–Crippen MR) is 81.6 cm³/mol. The molecule has 21 heavy (non-hydrogen) atoms. The van der Waals surface area contributed by atoms with E-state index in [0.717, 1.165) is 0 Å². The monoisotopic (exact) mass is 309 g/mol. The second kappa shape index (κ2) is 6.53. The van der Waals surface area contributed by atoms with E-state index in [2.05, 4.69) is 15.0 Å². The van der Waals surface area contributed by atoms with Crippen LogP contribution in [0.1, 0.15) is 13.3 Å². The lowest BCUT2D eigenvalue weighted by atomic mass is 10.3. The van der Waals surface area contributed by atoms with Gasteiger partial charge in [0, 0.05) is 5.69 Å². The van der Waals surface area contributed by atoms with Crippen molar-refractivity contribution >= 4 is 27.2 Å². The molecule has 1 aromatic heterocycles. The van der Waals surface area contributed by atoms with E-state index in [4.69, 9.17) is 0 Å². The molecule has 0 fully saturated rings. The molecule has 0 saturated carbocycles. The summed E-state index contributed by atoms with van der Waals surface area (Å²) in [6, 6.07) is 9.25. The Labute approximate surface area is 123 Å². The van der Waals surface area contributed by atoms with Crippen molar-refractivity contribution in [3.8, 4) is 0 Å². The zero-order chi connectivity index (χ0) is 15.3. The normalized spacial score (nSPS) is 11.1. The maximum atomic E-state index is 13.1. The number of sulfonamides is 1. The van der Waals surface area contributed by atoms with Crippen LogP contribution in [-0.4, -0.2) is 19.2 Å². The van der Waals surface area contributed by atoms with Crippen molar-refractivity contribution in [2.24, 2.45) is 0 Å². The van der Waals surface area contributed by atoms with Gasteiger partial charge in [0.25, 0.3) is 0 Å². The van der Waals surface area contributed by atoms with E-state index in [1.807, 2.05) is 0 Å². The lowest BCUT2D eigenvalue weighted by Gasteiger charge is -2.08. The standard InChI is InChI=1S/C14H16FN3O2S/c1-2-8-21(19,20)18-14-7-6-13(10-16-14)17-12-5-3-4-11(15)9-12/h3-7,9-10,17H,2,8H2,1H3,(H,16,18). The van der Waals surface area contributed by atoms with Crippen LogP contribution in [0.5, 0.6) is 0 Å². The highest BCUT2D eigenvalue weighted by Gasteiger charge is 2.09. The molecule has 1 aromatic carbocycles. The first kappa shape index (κ1) is 15.2. The van der Waals surface area contributed by atoms with Gasteiger partial charge in [-0.25, -0.2) is 17.8 Å². The molecule has 0 unspecified atom stereocenters. The molecule has 0 bridgehead atoms. The van der Waals surface area contributed by atoms with Crippen molar-refractivity contribution in [2.45, 2.75) is 13.3 Å². The highest BCUT2D eigenvalue weighted by molar-refractivity contribution is 7.92. The minimum absolute atomic E-state index is 0.0535. The third kappa shape index (κ3) is 4.71. The summed E-state index contributed by atoms with van der Waals surface area (Å²) in [7, 11) is -3.34. The molecule has 2 rings (SSSR count). The van der Waals surface area contributed by atoms with Crippen LogP contribution in [0.25, 0.3) is 0 Å². The van der Waals surface area contributed by atoms with Crippen molar-refractivity contribution in [1.82, 2.24) is 4.98 Å². The van der Waals surface area contributed by atoms with Gasteiger partial charge in [-0.3, -0.25) is 4.72 Å². The Hall–Kier alpha value is -2.15. The molecule has 7 heteroatoms. The molecule has 1 heterocycles. The van der Waals surface area contributed by atoms with Gasteiger partial charge in [0.2, 0.25) is 10.0 Å². The fourth-order valence-electron chi connectivity index (χ4n) is 1.74. The highest BCUT2D eigenvalue weighted by atomic mass is 32.2. The molecule has 2 N–H and O–H groups in total. The number of hydrogen-bond acceptors (Lipinski definition) is 4. The summed E-state index contributed by atoms with van der Waals surface area (Å²) < 4.78 is 38.7. The van der Waals surface area contributed by atoms with Crippen molar-refractivity contribution in [3.05, 3.63) is 48.4 Å². The Morgan fingerprint density at radius 1 is 1.19 bits per heavy atom. The van der Waals surface area contributed by atoms with Crippen LogP contribution in [0.3, 0.4) is 0 Å². The second-order valence-corrected chi connectivity index (χ2v) is 6.33. The summed E-state index contributed by atoms with van der Waals surface area (Å²) in [4.78, 5) is 4.02. The Bertz CT molecular complexity index is 702. The molecule has 112 valence electrons. The second-order valence-electron chi connectivity index (χ2n) is 4.49. The SMILES string of the molecule is CCCS(=O)(=O)Nc1ccc(Nc2cccc(F)c2)cn1. The summed E-state index contributed by atoms with van der Waals surface area (Å²) >= 11 is 0. The Kier molecular flexibility index (Phi) is 4.74. The van der Waals surface area contributed by atoms with Crippen LogP contribution in [0.4, 0.5) is 21.6 Å². The molecular weight excluding hydrogens is 293 g/mol. The van der Waals surface area contributed by atoms with Crippen LogP contribution >= 0.6 is 0 Å². The fraction of sp³-hybridized carbons (Fsp3) is 0.214. The molecule has 0 aliphatic heterocycles. The molecule has 0 aliphatic carbocycles. The zero-order valence-corrected chi connectivity index (χ0v) is 12.3. The van der Waals surface area contributed by atoms with Crippen molar-refractivity contribution in [2.75, 3.05) is 15.8 Å². The number of nitrogens with zero attached hydrogens (tertiary/aromatic N) is 1. The van der Waals surface area contributed by atoms with Gasteiger partial charge in [-0.1, -0.05) is 13.0 Å². The third-order valence-corrected chi connectivity index (χ3v) is 4.08. The van der Waals surface area contributed by atoms with Crippen molar-refractivity contribution in [3.63, 3.8) is 0 Å². The molecule has 0 saturated heterocycles. The number of aromatic nitrogens is 1. The van der Waals surface area contributed by atoms with E-state index < -0.39 is 10.0 Å². The van der Waals surface area contributed by atoms with E-state index in [1.165, 1.54) is 18.3 Å². The lowest BCUT2D eigenvalue weighted by Crippen LogP contribution is -2.16. The molecule has 0 spiro atoms. The average Bonchev–Trinajstić information content (AvgIpc) is 2.40. The molecule has 0 radical (unpaired) electrons. The van der Waals surface area contributed by atoms with Crippen molar-refractivity contribution < 1.29 is 12.8 Å². The number of benzene rings is 1. The molecular formula is C14H16FN3O2S. The summed E-state index contributed by atoms with van der Waals surface area (Å²) in [5, 5.41) is 2.98. The number of nitrogens with one attached hydrogen (secondary N) is 2. The maximum Gasteiger partial charge on any atom is 0.233 e. The minimum Gasteiger partial charge on any atom is -0.354 e. The van der Waals surface area contributed by atoms with E-state index in [9.17, 15) is 12.8 Å². The molecule has 0 amide bonds. The smallest absolute Gasteiger partial charge is 0.233 e. The minimum atomic E-state index is -3.34. The Morgan fingerprint density at radius 3 is 2.62 bits per heavy atom. The molecule has 5 nitrogen and oxygen atoms in total. The quantitative estimate of drug-likeness (QED) is 0.860. The summed E-state index contributed by atoms with van der Waals surface area (Å²) in [6.07, 6.45) is 2.02. The van der Waals surface area contributed by atoms with Crippen LogP contribution in [0.2, 0.25) is 0 Å². The fourth-order valence-corrected chi connectivity index (χ4v) is 2.82. The van der Waals surface area contributed by atoms with E-state index in [1.54, 1.807) is 31.2 Å². The molecule has 2 aromatic rings. The van der Waals surface area contributed by atoms with Gasteiger partial charge in [0.05, 0.1) is 17.6 Å². The van der Waals surface area contributed by atoms with Gasteiger partial charge >= 0.3 is 0 Å². The summed E-state index contributed by atoms with van der Waals surface area (Å²) in [6.45, 7) is 1.79. The zero-order valence-electron chi connectivity index (χ0n) is 11.5. The third-order valence-electron chi connectivity index (χ3n) is 2.61. The first-order valence-electron chi connectivity index (χ1n) is 6.47.